The Hall–Kier alpha value is -1.66. The van der Waals surface area contributed by atoms with Gasteiger partial charge in [0, 0.05) is 50.8 Å². The monoisotopic (exact) mass is 320 g/mol. The molecule has 22 heavy (non-hydrogen) atoms. The number of nitrogens with zero attached hydrogens (tertiary/aromatic N) is 5. The average Bonchev–Trinajstić information content (AvgIpc) is 2.98. The number of anilines is 1. The highest BCUT2D eigenvalue weighted by Gasteiger charge is 2.12. The number of aryl methyl sites for hydroxylation is 2. The van der Waals surface area contributed by atoms with Gasteiger partial charge in [-0.25, -0.2) is 9.97 Å². The lowest BCUT2D eigenvalue weighted by Gasteiger charge is -2.27. The van der Waals surface area contributed by atoms with Crippen LogP contribution in [-0.2, 0) is 13.0 Å². The zero-order valence-corrected chi connectivity index (χ0v) is 13.3. The van der Waals surface area contributed by atoms with E-state index < -0.39 is 0 Å². The molecule has 3 rings (SSSR count). The van der Waals surface area contributed by atoms with E-state index in [1.54, 1.807) is 6.20 Å². The SMILES string of the molecule is Clc1cnn(CCCCc2ccnc(N3CCNCC3)n2)c1. The second kappa shape index (κ2) is 7.56. The highest BCUT2D eigenvalue weighted by atomic mass is 35.5. The maximum absolute atomic E-state index is 5.85. The van der Waals surface area contributed by atoms with Crippen molar-refractivity contribution in [2.75, 3.05) is 31.1 Å². The fourth-order valence-corrected chi connectivity index (χ4v) is 2.74. The molecule has 0 amide bonds. The third kappa shape index (κ3) is 4.18. The molecule has 0 aromatic carbocycles. The van der Waals surface area contributed by atoms with Crippen LogP contribution >= 0.6 is 11.6 Å². The summed E-state index contributed by atoms with van der Waals surface area (Å²) in [6, 6.07) is 2.01. The fourth-order valence-electron chi connectivity index (χ4n) is 2.58. The van der Waals surface area contributed by atoms with Gasteiger partial charge >= 0.3 is 0 Å². The van der Waals surface area contributed by atoms with Gasteiger partial charge in [-0.2, -0.15) is 5.10 Å². The molecule has 0 spiro atoms. The molecule has 2 aromatic heterocycles. The van der Waals surface area contributed by atoms with Crippen molar-refractivity contribution in [3.63, 3.8) is 0 Å². The van der Waals surface area contributed by atoms with Crippen LogP contribution in [0.4, 0.5) is 5.95 Å². The first-order chi connectivity index (χ1) is 10.8. The van der Waals surface area contributed by atoms with Crippen molar-refractivity contribution in [3.8, 4) is 0 Å². The van der Waals surface area contributed by atoms with Crippen LogP contribution in [-0.4, -0.2) is 45.9 Å². The van der Waals surface area contributed by atoms with Gasteiger partial charge in [0.05, 0.1) is 11.2 Å². The van der Waals surface area contributed by atoms with Gasteiger partial charge < -0.3 is 10.2 Å². The maximum atomic E-state index is 5.85. The molecule has 1 N–H and O–H groups in total. The predicted molar refractivity (Wildman–Crippen MR) is 87.3 cm³/mol. The van der Waals surface area contributed by atoms with Gasteiger partial charge in [-0.1, -0.05) is 11.6 Å². The van der Waals surface area contributed by atoms with Crippen LogP contribution in [0.15, 0.2) is 24.7 Å². The van der Waals surface area contributed by atoms with Crippen LogP contribution in [0.25, 0.3) is 0 Å². The summed E-state index contributed by atoms with van der Waals surface area (Å²) in [6.07, 6.45) is 8.50. The maximum Gasteiger partial charge on any atom is 0.225 e. The van der Waals surface area contributed by atoms with Gasteiger partial charge in [-0.15, -0.1) is 0 Å². The lowest BCUT2D eigenvalue weighted by molar-refractivity contribution is 0.554. The molecular weight excluding hydrogens is 300 g/mol. The van der Waals surface area contributed by atoms with Gasteiger partial charge in [-0.3, -0.25) is 4.68 Å². The van der Waals surface area contributed by atoms with Crippen LogP contribution < -0.4 is 10.2 Å². The molecular formula is C15H21ClN6. The van der Waals surface area contributed by atoms with Gasteiger partial charge in [-0.05, 0) is 25.3 Å². The molecule has 0 saturated carbocycles. The zero-order chi connectivity index (χ0) is 15.2. The third-order valence-electron chi connectivity index (χ3n) is 3.77. The first-order valence-corrected chi connectivity index (χ1v) is 8.14. The third-order valence-corrected chi connectivity index (χ3v) is 3.97. The van der Waals surface area contributed by atoms with E-state index in [0.717, 1.165) is 63.6 Å². The molecule has 6 nitrogen and oxygen atoms in total. The van der Waals surface area contributed by atoms with Crippen LogP contribution in [0, 0.1) is 0 Å². The molecule has 2 aromatic rings. The number of hydrogen-bond donors (Lipinski definition) is 1. The molecule has 0 unspecified atom stereocenters. The van der Waals surface area contributed by atoms with Gasteiger partial charge in [0.1, 0.15) is 0 Å². The fraction of sp³-hybridized carbons (Fsp3) is 0.533. The summed E-state index contributed by atoms with van der Waals surface area (Å²) in [5.74, 6) is 0.859. The van der Waals surface area contributed by atoms with Gasteiger partial charge in [0.25, 0.3) is 0 Å². The molecule has 118 valence electrons. The minimum atomic E-state index is 0.691. The topological polar surface area (TPSA) is 58.9 Å². The van der Waals surface area contributed by atoms with E-state index in [0.29, 0.717) is 5.02 Å². The van der Waals surface area contributed by atoms with Crippen molar-refractivity contribution in [2.24, 2.45) is 0 Å². The van der Waals surface area contributed by atoms with E-state index >= 15 is 0 Å². The smallest absolute Gasteiger partial charge is 0.225 e. The molecule has 1 aliphatic rings. The average molecular weight is 321 g/mol. The molecule has 1 aliphatic heterocycles. The molecule has 0 aliphatic carbocycles. The van der Waals surface area contributed by atoms with Crippen LogP contribution in [0.5, 0.6) is 0 Å². The number of nitrogens with one attached hydrogen (secondary N) is 1. The second-order valence-electron chi connectivity index (χ2n) is 5.46. The number of unbranched alkanes of at least 4 members (excludes halogenated alkanes) is 1. The van der Waals surface area contributed by atoms with Gasteiger partial charge in [0.2, 0.25) is 5.95 Å². The second-order valence-corrected chi connectivity index (χ2v) is 5.90. The summed E-state index contributed by atoms with van der Waals surface area (Å²) < 4.78 is 1.88. The molecule has 0 atom stereocenters. The highest BCUT2D eigenvalue weighted by molar-refractivity contribution is 6.30. The van der Waals surface area contributed by atoms with E-state index in [2.05, 4.69) is 25.3 Å². The standard InChI is InChI=1S/C15H21ClN6/c16-13-11-19-22(12-13)8-2-1-3-14-4-5-18-15(20-14)21-9-6-17-7-10-21/h4-5,11-12,17H,1-3,6-10H2. The Kier molecular flexibility index (Phi) is 5.24. The number of piperazine rings is 1. The lowest BCUT2D eigenvalue weighted by atomic mass is 10.2. The van der Waals surface area contributed by atoms with E-state index in [1.807, 2.05) is 23.1 Å². The van der Waals surface area contributed by atoms with Gasteiger partial charge in [0.15, 0.2) is 0 Å². The molecule has 0 bridgehead atoms. The first kappa shape index (κ1) is 15.2. The van der Waals surface area contributed by atoms with E-state index in [4.69, 9.17) is 11.6 Å². The summed E-state index contributed by atoms with van der Waals surface area (Å²) in [5.41, 5.74) is 1.11. The molecule has 1 fully saturated rings. The summed E-state index contributed by atoms with van der Waals surface area (Å²) in [6.45, 7) is 4.84. The Labute approximate surface area is 135 Å². The molecule has 1 saturated heterocycles. The largest absolute Gasteiger partial charge is 0.338 e. The quantitative estimate of drug-likeness (QED) is 0.822. The summed E-state index contributed by atoms with van der Waals surface area (Å²) in [4.78, 5) is 11.3. The Morgan fingerprint density at radius 2 is 2.09 bits per heavy atom. The van der Waals surface area contributed by atoms with Crippen molar-refractivity contribution in [1.29, 1.82) is 0 Å². The van der Waals surface area contributed by atoms with E-state index in [-0.39, 0.29) is 0 Å². The van der Waals surface area contributed by atoms with Crippen molar-refractivity contribution < 1.29 is 0 Å². The number of hydrogen-bond acceptors (Lipinski definition) is 5. The van der Waals surface area contributed by atoms with Crippen molar-refractivity contribution >= 4 is 17.5 Å². The lowest BCUT2D eigenvalue weighted by Crippen LogP contribution is -2.44. The Balaban J connectivity index is 1.47. The Bertz CT molecular complexity index is 593. The number of rotatable bonds is 6. The number of aromatic nitrogens is 4. The Morgan fingerprint density at radius 3 is 2.86 bits per heavy atom. The predicted octanol–water partition coefficient (Wildman–Crippen LogP) is 1.76. The summed E-state index contributed by atoms with van der Waals surface area (Å²) in [7, 11) is 0. The minimum absolute atomic E-state index is 0.691. The zero-order valence-electron chi connectivity index (χ0n) is 12.6. The van der Waals surface area contributed by atoms with Crippen LogP contribution in [0.2, 0.25) is 5.02 Å². The van der Waals surface area contributed by atoms with Crippen LogP contribution in [0.1, 0.15) is 18.5 Å². The molecule has 3 heterocycles. The number of halogens is 1. The first-order valence-electron chi connectivity index (χ1n) is 7.77. The summed E-state index contributed by atoms with van der Waals surface area (Å²) in [5, 5.41) is 8.22. The summed E-state index contributed by atoms with van der Waals surface area (Å²) >= 11 is 5.85. The normalized spacial score (nSPS) is 15.2. The van der Waals surface area contributed by atoms with Crippen molar-refractivity contribution in [2.45, 2.75) is 25.8 Å². The van der Waals surface area contributed by atoms with Crippen LogP contribution in [0.3, 0.4) is 0 Å². The molecule has 0 radical (unpaired) electrons. The van der Waals surface area contributed by atoms with Crippen molar-refractivity contribution in [3.05, 3.63) is 35.4 Å². The minimum Gasteiger partial charge on any atom is -0.338 e. The highest BCUT2D eigenvalue weighted by Crippen LogP contribution is 2.11. The molecule has 7 heteroatoms. The van der Waals surface area contributed by atoms with E-state index in [1.165, 1.54) is 0 Å². The van der Waals surface area contributed by atoms with Crippen molar-refractivity contribution in [1.82, 2.24) is 25.1 Å². The van der Waals surface area contributed by atoms with E-state index in [9.17, 15) is 0 Å². The Morgan fingerprint density at radius 1 is 1.23 bits per heavy atom.